The molecule has 4 aromatic rings. The third kappa shape index (κ3) is 1.79. The first-order valence-electron chi connectivity index (χ1n) is 6.96. The quantitative estimate of drug-likeness (QED) is 0.548. The molecule has 0 saturated heterocycles. The molecule has 4 rings (SSSR count). The molecule has 2 N–H and O–H groups in total. The number of aryl methyl sites for hydroxylation is 1. The van der Waals surface area contributed by atoms with Crippen LogP contribution in [0.15, 0.2) is 55.0 Å². The third-order valence-electron chi connectivity index (χ3n) is 3.93. The molecular formula is C17H14N4O. The Bertz CT molecular complexity index is 1030. The molecule has 5 heteroatoms. The van der Waals surface area contributed by atoms with Gasteiger partial charge >= 0.3 is 0 Å². The van der Waals surface area contributed by atoms with Crippen molar-refractivity contribution in [1.29, 1.82) is 0 Å². The van der Waals surface area contributed by atoms with Crippen molar-refractivity contribution in [3.05, 3.63) is 60.6 Å². The fourth-order valence-electron chi connectivity index (χ4n) is 2.73. The molecule has 108 valence electrons. The topological polar surface area (TPSA) is 65.8 Å². The number of aromatic nitrogens is 3. The van der Waals surface area contributed by atoms with Gasteiger partial charge in [0.05, 0.1) is 11.0 Å². The summed E-state index contributed by atoms with van der Waals surface area (Å²) >= 11 is 0. The summed E-state index contributed by atoms with van der Waals surface area (Å²) in [6.45, 7) is 0. The van der Waals surface area contributed by atoms with Crippen LogP contribution in [0.5, 0.6) is 0 Å². The number of nitrogens with two attached hydrogens (primary N) is 1. The average molecular weight is 290 g/mol. The van der Waals surface area contributed by atoms with Gasteiger partial charge in [0.15, 0.2) is 0 Å². The highest BCUT2D eigenvalue weighted by atomic mass is 16.2. The SMILES string of the molecule is Cn1ccc2ccc(C(=O)n3cnc4cc(N)ccc43)cc21. The normalized spacial score (nSPS) is 11.3. The molecule has 0 aliphatic carbocycles. The molecule has 2 heterocycles. The van der Waals surface area contributed by atoms with E-state index in [9.17, 15) is 4.79 Å². The zero-order valence-electron chi connectivity index (χ0n) is 12.0. The van der Waals surface area contributed by atoms with Gasteiger partial charge in [0.2, 0.25) is 0 Å². The maximum atomic E-state index is 12.8. The fraction of sp³-hybridized carbons (Fsp3) is 0.0588. The van der Waals surface area contributed by atoms with Gasteiger partial charge in [-0.25, -0.2) is 4.98 Å². The van der Waals surface area contributed by atoms with E-state index in [4.69, 9.17) is 5.73 Å². The second kappa shape index (κ2) is 4.46. The van der Waals surface area contributed by atoms with Crippen LogP contribution in [-0.2, 0) is 7.05 Å². The molecule has 0 bridgehead atoms. The number of hydrogen-bond acceptors (Lipinski definition) is 3. The number of carbonyl (C=O) groups excluding carboxylic acids is 1. The van der Waals surface area contributed by atoms with Crippen molar-refractivity contribution >= 4 is 33.5 Å². The Morgan fingerprint density at radius 1 is 1.09 bits per heavy atom. The van der Waals surface area contributed by atoms with Crippen molar-refractivity contribution in [2.24, 2.45) is 7.05 Å². The number of fused-ring (bicyclic) bond motifs is 2. The minimum Gasteiger partial charge on any atom is -0.399 e. The van der Waals surface area contributed by atoms with Gasteiger partial charge in [-0.15, -0.1) is 0 Å². The van der Waals surface area contributed by atoms with E-state index in [0.29, 0.717) is 16.8 Å². The highest BCUT2D eigenvalue weighted by Gasteiger charge is 2.13. The fourth-order valence-corrected chi connectivity index (χ4v) is 2.73. The van der Waals surface area contributed by atoms with Crippen molar-refractivity contribution in [1.82, 2.24) is 14.1 Å². The molecule has 0 atom stereocenters. The van der Waals surface area contributed by atoms with Crippen LogP contribution in [0.4, 0.5) is 5.69 Å². The van der Waals surface area contributed by atoms with Gasteiger partial charge in [0, 0.05) is 30.0 Å². The number of carbonyl (C=O) groups is 1. The summed E-state index contributed by atoms with van der Waals surface area (Å²) in [5.41, 5.74) is 9.51. The van der Waals surface area contributed by atoms with Crippen LogP contribution in [0, 0.1) is 0 Å². The predicted octanol–water partition coefficient (Wildman–Crippen LogP) is 2.80. The van der Waals surface area contributed by atoms with Gasteiger partial charge < -0.3 is 10.3 Å². The third-order valence-corrected chi connectivity index (χ3v) is 3.93. The molecule has 0 fully saturated rings. The van der Waals surface area contributed by atoms with Crippen LogP contribution in [0.25, 0.3) is 21.9 Å². The van der Waals surface area contributed by atoms with E-state index in [1.165, 1.54) is 0 Å². The van der Waals surface area contributed by atoms with E-state index in [1.807, 2.05) is 48.1 Å². The molecular weight excluding hydrogens is 276 g/mol. The minimum atomic E-state index is -0.102. The summed E-state index contributed by atoms with van der Waals surface area (Å²) in [5.74, 6) is -0.102. The van der Waals surface area contributed by atoms with Crippen LogP contribution < -0.4 is 5.73 Å². The highest BCUT2D eigenvalue weighted by Crippen LogP contribution is 2.20. The number of anilines is 1. The molecule has 5 nitrogen and oxygen atoms in total. The summed E-state index contributed by atoms with van der Waals surface area (Å²) in [6.07, 6.45) is 3.52. The Labute approximate surface area is 126 Å². The van der Waals surface area contributed by atoms with Crippen LogP contribution in [0.3, 0.4) is 0 Å². The van der Waals surface area contributed by atoms with Crippen molar-refractivity contribution < 1.29 is 4.79 Å². The van der Waals surface area contributed by atoms with E-state index in [0.717, 1.165) is 16.4 Å². The molecule has 2 aromatic heterocycles. The number of nitrogen functional groups attached to an aromatic ring is 1. The Kier molecular flexibility index (Phi) is 2.56. The van der Waals surface area contributed by atoms with Gasteiger partial charge in [-0.3, -0.25) is 9.36 Å². The second-order valence-electron chi connectivity index (χ2n) is 5.37. The van der Waals surface area contributed by atoms with Crippen molar-refractivity contribution in [3.8, 4) is 0 Å². The monoisotopic (exact) mass is 290 g/mol. The van der Waals surface area contributed by atoms with E-state index in [1.54, 1.807) is 23.0 Å². The Hall–Kier alpha value is -3.08. The maximum absolute atomic E-state index is 12.8. The number of imidazole rings is 1. The Morgan fingerprint density at radius 3 is 2.82 bits per heavy atom. The Balaban J connectivity index is 1.86. The van der Waals surface area contributed by atoms with Crippen molar-refractivity contribution in [2.75, 3.05) is 5.73 Å². The number of nitrogens with zero attached hydrogens (tertiary/aromatic N) is 3. The number of hydrogen-bond donors (Lipinski definition) is 1. The lowest BCUT2D eigenvalue weighted by Crippen LogP contribution is -2.10. The average Bonchev–Trinajstić information content (AvgIpc) is 3.10. The lowest BCUT2D eigenvalue weighted by Gasteiger charge is -2.05. The number of rotatable bonds is 1. The maximum Gasteiger partial charge on any atom is 0.263 e. The van der Waals surface area contributed by atoms with Gasteiger partial charge in [-0.1, -0.05) is 6.07 Å². The predicted molar refractivity (Wildman–Crippen MR) is 86.8 cm³/mol. The second-order valence-corrected chi connectivity index (χ2v) is 5.37. The molecule has 0 spiro atoms. The lowest BCUT2D eigenvalue weighted by molar-refractivity contribution is 0.0964. The summed E-state index contributed by atoms with van der Waals surface area (Å²) < 4.78 is 3.55. The van der Waals surface area contributed by atoms with E-state index in [2.05, 4.69) is 4.98 Å². The van der Waals surface area contributed by atoms with Crippen LogP contribution in [0.1, 0.15) is 10.4 Å². The molecule has 0 aliphatic heterocycles. The summed E-state index contributed by atoms with van der Waals surface area (Å²) in [6, 6.07) is 13.1. The largest absolute Gasteiger partial charge is 0.399 e. The molecule has 2 aromatic carbocycles. The summed E-state index contributed by atoms with van der Waals surface area (Å²) in [5, 5.41) is 1.11. The van der Waals surface area contributed by atoms with E-state index < -0.39 is 0 Å². The Morgan fingerprint density at radius 2 is 1.95 bits per heavy atom. The summed E-state index contributed by atoms with van der Waals surface area (Å²) in [4.78, 5) is 17.0. The van der Waals surface area contributed by atoms with Gasteiger partial charge in [-0.05, 0) is 41.8 Å². The van der Waals surface area contributed by atoms with Gasteiger partial charge in [-0.2, -0.15) is 0 Å². The summed E-state index contributed by atoms with van der Waals surface area (Å²) in [7, 11) is 1.96. The van der Waals surface area contributed by atoms with Crippen molar-refractivity contribution in [3.63, 3.8) is 0 Å². The van der Waals surface area contributed by atoms with E-state index in [-0.39, 0.29) is 5.91 Å². The molecule has 0 saturated carbocycles. The van der Waals surface area contributed by atoms with Gasteiger partial charge in [0.25, 0.3) is 5.91 Å². The zero-order chi connectivity index (χ0) is 15.3. The zero-order valence-corrected chi connectivity index (χ0v) is 12.0. The standard InChI is InChI=1S/C17H14N4O/c1-20-7-6-11-2-3-12(8-16(11)20)17(22)21-10-19-14-9-13(18)4-5-15(14)21/h2-10H,18H2,1H3. The first kappa shape index (κ1) is 12.6. The van der Waals surface area contributed by atoms with Crippen LogP contribution in [-0.4, -0.2) is 20.0 Å². The molecule has 0 radical (unpaired) electrons. The van der Waals surface area contributed by atoms with Crippen LogP contribution >= 0.6 is 0 Å². The molecule has 0 aliphatic rings. The molecule has 22 heavy (non-hydrogen) atoms. The highest BCUT2D eigenvalue weighted by molar-refractivity contribution is 6.03. The first-order chi connectivity index (χ1) is 10.6. The molecule has 0 amide bonds. The van der Waals surface area contributed by atoms with Gasteiger partial charge in [0.1, 0.15) is 6.33 Å². The first-order valence-corrected chi connectivity index (χ1v) is 6.96. The minimum absolute atomic E-state index is 0.102. The van der Waals surface area contributed by atoms with E-state index >= 15 is 0 Å². The van der Waals surface area contributed by atoms with Crippen LogP contribution in [0.2, 0.25) is 0 Å². The smallest absolute Gasteiger partial charge is 0.263 e. The molecule has 0 unspecified atom stereocenters. The van der Waals surface area contributed by atoms with Crippen molar-refractivity contribution in [2.45, 2.75) is 0 Å². The number of benzene rings is 2. The lowest BCUT2D eigenvalue weighted by atomic mass is 10.1.